The summed E-state index contributed by atoms with van der Waals surface area (Å²) in [6.45, 7) is 0.188. The molecule has 2 aromatic carbocycles. The molecule has 2 aromatic rings. The van der Waals surface area contributed by atoms with Crippen molar-refractivity contribution < 1.29 is 8.42 Å². The van der Waals surface area contributed by atoms with Gasteiger partial charge in [0.1, 0.15) is 0 Å². The van der Waals surface area contributed by atoms with Crippen molar-refractivity contribution in [1.29, 1.82) is 0 Å². The van der Waals surface area contributed by atoms with E-state index in [0.717, 1.165) is 18.5 Å². The van der Waals surface area contributed by atoms with E-state index in [1.165, 1.54) is 35.9 Å². The van der Waals surface area contributed by atoms with E-state index < -0.39 is 10.0 Å². The van der Waals surface area contributed by atoms with Gasteiger partial charge in [0, 0.05) is 19.8 Å². The molecule has 1 aliphatic rings. The van der Waals surface area contributed by atoms with Crippen molar-refractivity contribution in [3.63, 3.8) is 0 Å². The lowest BCUT2D eigenvalue weighted by molar-refractivity contribution is 0.519. The molecule has 3 N–H and O–H groups in total. The Hall–Kier alpha value is -2.38. The average Bonchev–Trinajstić information content (AvgIpc) is 3.07. The Bertz CT molecular complexity index is 936. The van der Waals surface area contributed by atoms with E-state index in [2.05, 4.69) is 22.4 Å². The second kappa shape index (κ2) is 7.47. The van der Waals surface area contributed by atoms with Gasteiger partial charge in [0.25, 0.3) is 0 Å². The van der Waals surface area contributed by atoms with Crippen molar-refractivity contribution in [3.05, 3.63) is 59.2 Å². The second-order valence-corrected chi connectivity index (χ2v) is 8.68. The number of sulfonamides is 1. The van der Waals surface area contributed by atoms with Gasteiger partial charge in [0.15, 0.2) is 5.96 Å². The van der Waals surface area contributed by atoms with Gasteiger partial charge in [0.2, 0.25) is 10.0 Å². The second-order valence-electron chi connectivity index (χ2n) is 6.56. The van der Waals surface area contributed by atoms with E-state index in [1.807, 2.05) is 6.07 Å². The number of hydrogen-bond acceptors (Lipinski definition) is 3. The summed E-state index contributed by atoms with van der Waals surface area (Å²) in [5.74, 6) is 0.264. The molecule has 0 aliphatic heterocycles. The predicted molar refractivity (Wildman–Crippen MR) is 105 cm³/mol. The van der Waals surface area contributed by atoms with Crippen LogP contribution in [-0.4, -0.2) is 32.8 Å². The first kappa shape index (κ1) is 18.4. The van der Waals surface area contributed by atoms with Crippen LogP contribution in [0.4, 0.5) is 5.69 Å². The van der Waals surface area contributed by atoms with Crippen molar-refractivity contribution in [2.75, 3.05) is 19.4 Å². The van der Waals surface area contributed by atoms with Crippen LogP contribution in [0.5, 0.6) is 0 Å². The van der Waals surface area contributed by atoms with Gasteiger partial charge < -0.3 is 11.1 Å². The quantitative estimate of drug-likeness (QED) is 0.623. The Morgan fingerprint density at radius 1 is 1.15 bits per heavy atom. The molecule has 0 bridgehead atoms. The molecule has 0 spiro atoms. The lowest BCUT2D eigenvalue weighted by atomic mass is 10.1. The molecule has 0 saturated heterocycles. The molecule has 0 saturated carbocycles. The van der Waals surface area contributed by atoms with Gasteiger partial charge in [-0.25, -0.2) is 17.7 Å². The number of nitrogens with two attached hydrogens (primary N) is 1. The lowest BCUT2D eigenvalue weighted by Crippen LogP contribution is -2.24. The molecular formula is C19H24N4O2S. The molecule has 1 aliphatic carbocycles. The largest absolute Gasteiger partial charge is 0.370 e. The number of aliphatic imine (C=N–C) groups is 1. The third kappa shape index (κ3) is 3.89. The summed E-state index contributed by atoms with van der Waals surface area (Å²) >= 11 is 0. The Morgan fingerprint density at radius 2 is 1.88 bits per heavy atom. The number of nitrogens with zero attached hydrogens (tertiary/aromatic N) is 2. The Labute approximate surface area is 154 Å². The number of aryl methyl sites for hydroxylation is 2. The van der Waals surface area contributed by atoms with Gasteiger partial charge in [-0.3, -0.25) is 0 Å². The highest BCUT2D eigenvalue weighted by Gasteiger charge is 2.20. The first-order chi connectivity index (χ1) is 12.4. The van der Waals surface area contributed by atoms with E-state index in [4.69, 9.17) is 5.73 Å². The minimum absolute atomic E-state index is 0.188. The Balaban J connectivity index is 1.76. The van der Waals surface area contributed by atoms with Crippen LogP contribution in [0.25, 0.3) is 0 Å². The summed E-state index contributed by atoms with van der Waals surface area (Å²) in [5.41, 5.74) is 10.3. The third-order valence-electron chi connectivity index (χ3n) is 4.52. The first-order valence-corrected chi connectivity index (χ1v) is 10.0. The molecule has 0 amide bonds. The molecule has 3 rings (SSSR count). The Morgan fingerprint density at radius 3 is 2.65 bits per heavy atom. The summed E-state index contributed by atoms with van der Waals surface area (Å²) in [6, 6.07) is 13.1. The molecule has 138 valence electrons. The van der Waals surface area contributed by atoms with Crippen LogP contribution >= 0.6 is 0 Å². The molecule has 7 heteroatoms. The molecule has 0 aromatic heterocycles. The zero-order chi connectivity index (χ0) is 18.7. The molecule has 0 unspecified atom stereocenters. The summed E-state index contributed by atoms with van der Waals surface area (Å²) in [4.78, 5) is 4.57. The number of hydrogen-bond donors (Lipinski definition) is 2. The number of benzene rings is 2. The van der Waals surface area contributed by atoms with Crippen molar-refractivity contribution in [2.24, 2.45) is 10.7 Å². The highest BCUT2D eigenvalue weighted by Crippen LogP contribution is 2.25. The fourth-order valence-electron chi connectivity index (χ4n) is 3.09. The standard InChI is InChI=1S/C19H24N4O2S/c1-23(2)26(24,25)18-9-4-3-6-16(18)13-21-19(20)22-17-11-10-14-7-5-8-15(14)12-17/h3-4,6,9-12H,5,7-8,13H2,1-2H3,(H3,20,21,22). The van der Waals surface area contributed by atoms with Crippen LogP contribution in [0.3, 0.4) is 0 Å². The fourth-order valence-corrected chi connectivity index (χ4v) is 4.20. The van der Waals surface area contributed by atoms with Crippen molar-refractivity contribution in [1.82, 2.24) is 4.31 Å². The smallest absolute Gasteiger partial charge is 0.242 e. The van der Waals surface area contributed by atoms with Gasteiger partial charge in [-0.1, -0.05) is 24.3 Å². The topological polar surface area (TPSA) is 87.8 Å². The zero-order valence-corrected chi connectivity index (χ0v) is 15.9. The van der Waals surface area contributed by atoms with E-state index in [0.29, 0.717) is 5.56 Å². The molecule has 6 nitrogen and oxygen atoms in total. The molecule has 0 heterocycles. The molecular weight excluding hydrogens is 348 g/mol. The van der Waals surface area contributed by atoms with Crippen LogP contribution in [-0.2, 0) is 29.4 Å². The highest BCUT2D eigenvalue weighted by molar-refractivity contribution is 7.89. The van der Waals surface area contributed by atoms with Crippen LogP contribution in [0, 0.1) is 0 Å². The van der Waals surface area contributed by atoms with Gasteiger partial charge in [-0.05, 0) is 54.2 Å². The summed E-state index contributed by atoms with van der Waals surface area (Å²) in [6.07, 6.45) is 3.42. The minimum Gasteiger partial charge on any atom is -0.370 e. The minimum atomic E-state index is -3.52. The third-order valence-corrected chi connectivity index (χ3v) is 6.44. The van der Waals surface area contributed by atoms with E-state index >= 15 is 0 Å². The number of fused-ring (bicyclic) bond motifs is 1. The maximum Gasteiger partial charge on any atom is 0.242 e. The van der Waals surface area contributed by atoms with Crippen molar-refractivity contribution in [3.8, 4) is 0 Å². The van der Waals surface area contributed by atoms with Crippen LogP contribution < -0.4 is 11.1 Å². The maximum atomic E-state index is 12.4. The van der Waals surface area contributed by atoms with Gasteiger partial charge in [-0.15, -0.1) is 0 Å². The number of guanidine groups is 1. The normalized spacial score (nSPS) is 14.5. The number of rotatable bonds is 5. The van der Waals surface area contributed by atoms with Crippen LogP contribution in [0.15, 0.2) is 52.4 Å². The predicted octanol–water partition coefficient (Wildman–Crippen LogP) is 2.35. The van der Waals surface area contributed by atoms with Gasteiger partial charge >= 0.3 is 0 Å². The fraction of sp³-hybridized carbons (Fsp3) is 0.316. The van der Waals surface area contributed by atoms with E-state index in [-0.39, 0.29) is 17.4 Å². The van der Waals surface area contributed by atoms with Crippen molar-refractivity contribution in [2.45, 2.75) is 30.7 Å². The van der Waals surface area contributed by atoms with Crippen LogP contribution in [0.2, 0.25) is 0 Å². The Kier molecular flexibility index (Phi) is 5.29. The van der Waals surface area contributed by atoms with Crippen molar-refractivity contribution >= 4 is 21.7 Å². The molecule has 26 heavy (non-hydrogen) atoms. The maximum absolute atomic E-state index is 12.4. The highest BCUT2D eigenvalue weighted by atomic mass is 32.2. The molecule has 0 fully saturated rings. The summed E-state index contributed by atoms with van der Waals surface area (Å²) in [7, 11) is -0.492. The summed E-state index contributed by atoms with van der Waals surface area (Å²) in [5, 5.41) is 3.09. The number of anilines is 1. The average molecular weight is 372 g/mol. The zero-order valence-electron chi connectivity index (χ0n) is 15.1. The molecule has 0 radical (unpaired) electrons. The van der Waals surface area contributed by atoms with Crippen LogP contribution in [0.1, 0.15) is 23.1 Å². The van der Waals surface area contributed by atoms with E-state index in [9.17, 15) is 8.42 Å². The van der Waals surface area contributed by atoms with Gasteiger partial charge in [-0.2, -0.15) is 0 Å². The SMILES string of the molecule is CN(C)S(=O)(=O)c1ccccc1CN=C(N)Nc1ccc2c(c1)CCC2. The van der Waals surface area contributed by atoms with Gasteiger partial charge in [0.05, 0.1) is 11.4 Å². The monoisotopic (exact) mass is 372 g/mol. The lowest BCUT2D eigenvalue weighted by Gasteiger charge is -2.14. The number of nitrogens with one attached hydrogen (secondary N) is 1. The first-order valence-electron chi connectivity index (χ1n) is 8.57. The molecule has 0 atom stereocenters. The summed E-state index contributed by atoms with van der Waals surface area (Å²) < 4.78 is 26.1. The van der Waals surface area contributed by atoms with E-state index in [1.54, 1.807) is 24.3 Å².